The first-order valence-corrected chi connectivity index (χ1v) is 5.75. The topological polar surface area (TPSA) is 96.7 Å². The number of nitrogens with zero attached hydrogens (tertiary/aromatic N) is 5. The summed E-state index contributed by atoms with van der Waals surface area (Å²) in [6, 6.07) is 0. The summed E-state index contributed by atoms with van der Waals surface area (Å²) in [7, 11) is 1.75. The van der Waals surface area contributed by atoms with E-state index in [4.69, 9.17) is 11.1 Å². The Bertz CT molecular complexity index is 357. The number of nitrogens with one attached hydrogen (secondary N) is 1. The second-order valence-electron chi connectivity index (χ2n) is 4.60. The number of amidine groups is 1. The predicted molar refractivity (Wildman–Crippen MR) is 65.4 cm³/mol. The fourth-order valence-corrected chi connectivity index (χ4v) is 1.62. The first-order chi connectivity index (χ1) is 7.97. The average Bonchev–Trinajstić information content (AvgIpc) is 2.59. The van der Waals surface area contributed by atoms with Gasteiger partial charge in [-0.3, -0.25) is 10.3 Å². The SMILES string of the molecule is CC(C)CN(CCC(=N)N)Cc1nnn(C)n1. The Morgan fingerprint density at radius 2 is 2.24 bits per heavy atom. The molecule has 0 radical (unpaired) electrons. The summed E-state index contributed by atoms with van der Waals surface area (Å²) in [5.74, 6) is 1.47. The predicted octanol–water partition coefficient (Wildman–Crippen LogP) is -0.00583. The molecule has 7 heteroatoms. The molecule has 0 aliphatic heterocycles. The smallest absolute Gasteiger partial charge is 0.188 e. The molecule has 0 aliphatic rings. The van der Waals surface area contributed by atoms with E-state index in [0.717, 1.165) is 13.1 Å². The van der Waals surface area contributed by atoms with E-state index in [1.807, 2.05) is 0 Å². The molecule has 1 rings (SSSR count). The van der Waals surface area contributed by atoms with Crippen LogP contribution < -0.4 is 5.73 Å². The van der Waals surface area contributed by atoms with E-state index in [1.54, 1.807) is 7.05 Å². The highest BCUT2D eigenvalue weighted by molar-refractivity contribution is 5.76. The first-order valence-electron chi connectivity index (χ1n) is 5.75. The zero-order chi connectivity index (χ0) is 12.8. The van der Waals surface area contributed by atoms with Gasteiger partial charge in [0.15, 0.2) is 5.82 Å². The number of hydrogen-bond donors (Lipinski definition) is 2. The molecule has 0 amide bonds. The zero-order valence-electron chi connectivity index (χ0n) is 10.7. The van der Waals surface area contributed by atoms with Gasteiger partial charge in [0, 0.05) is 19.5 Å². The lowest BCUT2D eigenvalue weighted by Crippen LogP contribution is -2.31. The summed E-state index contributed by atoms with van der Waals surface area (Å²) >= 11 is 0. The van der Waals surface area contributed by atoms with Crippen molar-refractivity contribution in [3.05, 3.63) is 5.82 Å². The fourth-order valence-electron chi connectivity index (χ4n) is 1.62. The molecule has 7 nitrogen and oxygen atoms in total. The molecule has 0 saturated heterocycles. The summed E-state index contributed by atoms with van der Waals surface area (Å²) < 4.78 is 0. The van der Waals surface area contributed by atoms with Crippen LogP contribution in [0.15, 0.2) is 0 Å². The molecular formula is C10H21N7. The summed E-state index contributed by atoms with van der Waals surface area (Å²) in [5, 5.41) is 19.2. The van der Waals surface area contributed by atoms with Gasteiger partial charge < -0.3 is 5.73 Å². The van der Waals surface area contributed by atoms with E-state index >= 15 is 0 Å². The Morgan fingerprint density at radius 3 is 2.71 bits per heavy atom. The van der Waals surface area contributed by atoms with Crippen LogP contribution in [0.1, 0.15) is 26.1 Å². The van der Waals surface area contributed by atoms with Crippen LogP contribution in [0.2, 0.25) is 0 Å². The van der Waals surface area contributed by atoms with Crippen molar-refractivity contribution in [2.75, 3.05) is 13.1 Å². The van der Waals surface area contributed by atoms with Gasteiger partial charge in [0.2, 0.25) is 0 Å². The van der Waals surface area contributed by atoms with Crippen LogP contribution in [0, 0.1) is 11.3 Å². The van der Waals surface area contributed by atoms with E-state index in [-0.39, 0.29) is 5.84 Å². The van der Waals surface area contributed by atoms with Crippen molar-refractivity contribution in [3.8, 4) is 0 Å². The number of aromatic nitrogens is 4. The van der Waals surface area contributed by atoms with Crippen LogP contribution >= 0.6 is 0 Å². The number of nitrogens with two attached hydrogens (primary N) is 1. The van der Waals surface area contributed by atoms with Crippen LogP contribution in [0.5, 0.6) is 0 Å². The maximum absolute atomic E-state index is 7.26. The quantitative estimate of drug-likeness (QED) is 0.515. The molecule has 17 heavy (non-hydrogen) atoms. The minimum absolute atomic E-state index is 0.214. The normalized spacial score (nSPS) is 11.4. The Kier molecular flexibility index (Phi) is 5.02. The van der Waals surface area contributed by atoms with E-state index in [2.05, 4.69) is 34.2 Å². The molecule has 0 aromatic carbocycles. The molecule has 0 spiro atoms. The zero-order valence-corrected chi connectivity index (χ0v) is 10.7. The second kappa shape index (κ2) is 6.29. The van der Waals surface area contributed by atoms with Gasteiger partial charge in [-0.1, -0.05) is 13.8 Å². The van der Waals surface area contributed by atoms with Crippen molar-refractivity contribution >= 4 is 5.84 Å². The summed E-state index contributed by atoms with van der Waals surface area (Å²) in [5.41, 5.74) is 5.38. The van der Waals surface area contributed by atoms with Gasteiger partial charge in [-0.25, -0.2) is 0 Å². The maximum atomic E-state index is 7.26. The van der Waals surface area contributed by atoms with Crippen molar-refractivity contribution in [2.24, 2.45) is 18.7 Å². The summed E-state index contributed by atoms with van der Waals surface area (Å²) in [4.78, 5) is 3.65. The molecule has 1 aromatic rings. The lowest BCUT2D eigenvalue weighted by Gasteiger charge is -2.22. The third-order valence-corrected chi connectivity index (χ3v) is 2.24. The third kappa shape index (κ3) is 5.39. The van der Waals surface area contributed by atoms with Crippen molar-refractivity contribution in [1.82, 2.24) is 25.1 Å². The number of aryl methyl sites for hydroxylation is 1. The largest absolute Gasteiger partial charge is 0.388 e. The average molecular weight is 239 g/mol. The molecule has 0 bridgehead atoms. The van der Waals surface area contributed by atoms with E-state index < -0.39 is 0 Å². The molecule has 1 heterocycles. The Hall–Kier alpha value is -1.50. The minimum Gasteiger partial charge on any atom is -0.388 e. The van der Waals surface area contributed by atoms with Crippen LogP contribution in [-0.4, -0.2) is 44.0 Å². The lowest BCUT2D eigenvalue weighted by atomic mass is 10.2. The van der Waals surface area contributed by atoms with E-state index in [0.29, 0.717) is 24.7 Å². The highest BCUT2D eigenvalue weighted by atomic mass is 15.6. The van der Waals surface area contributed by atoms with Crippen LogP contribution in [-0.2, 0) is 13.6 Å². The second-order valence-corrected chi connectivity index (χ2v) is 4.60. The highest BCUT2D eigenvalue weighted by Gasteiger charge is 2.11. The van der Waals surface area contributed by atoms with Gasteiger partial charge in [-0.05, 0) is 11.1 Å². The molecular weight excluding hydrogens is 218 g/mol. The van der Waals surface area contributed by atoms with E-state index in [1.165, 1.54) is 4.80 Å². The van der Waals surface area contributed by atoms with Crippen molar-refractivity contribution < 1.29 is 0 Å². The summed E-state index contributed by atoms with van der Waals surface area (Å²) in [6.07, 6.45) is 0.576. The molecule has 0 fully saturated rings. The molecule has 0 aliphatic carbocycles. The molecule has 0 atom stereocenters. The minimum atomic E-state index is 0.214. The number of hydrogen-bond acceptors (Lipinski definition) is 5. The molecule has 96 valence electrons. The van der Waals surface area contributed by atoms with Gasteiger partial charge in [0.1, 0.15) is 0 Å². The number of rotatable bonds is 7. The number of tetrazole rings is 1. The van der Waals surface area contributed by atoms with Crippen molar-refractivity contribution in [3.63, 3.8) is 0 Å². The Labute approximate surface area is 101 Å². The van der Waals surface area contributed by atoms with Gasteiger partial charge in [-0.15, -0.1) is 10.2 Å². The van der Waals surface area contributed by atoms with Crippen LogP contribution in [0.25, 0.3) is 0 Å². The van der Waals surface area contributed by atoms with Crippen LogP contribution in [0.3, 0.4) is 0 Å². The molecule has 3 N–H and O–H groups in total. The van der Waals surface area contributed by atoms with Gasteiger partial charge in [-0.2, -0.15) is 4.80 Å². The molecule has 1 aromatic heterocycles. The highest BCUT2D eigenvalue weighted by Crippen LogP contribution is 2.04. The van der Waals surface area contributed by atoms with Gasteiger partial charge in [0.25, 0.3) is 0 Å². The Morgan fingerprint density at radius 1 is 1.53 bits per heavy atom. The summed E-state index contributed by atoms with van der Waals surface area (Å²) in [6.45, 7) is 6.66. The van der Waals surface area contributed by atoms with Gasteiger partial charge in [0.05, 0.1) is 19.4 Å². The monoisotopic (exact) mass is 239 g/mol. The van der Waals surface area contributed by atoms with Gasteiger partial charge >= 0.3 is 0 Å². The maximum Gasteiger partial charge on any atom is 0.188 e. The molecule has 0 saturated carbocycles. The van der Waals surface area contributed by atoms with Crippen LogP contribution in [0.4, 0.5) is 0 Å². The lowest BCUT2D eigenvalue weighted by molar-refractivity contribution is 0.236. The fraction of sp³-hybridized carbons (Fsp3) is 0.800. The van der Waals surface area contributed by atoms with Crippen molar-refractivity contribution in [2.45, 2.75) is 26.8 Å². The Balaban J connectivity index is 2.53. The standard InChI is InChI=1S/C10H21N7/c1-8(2)6-17(5-4-9(11)12)7-10-13-15-16(3)14-10/h8H,4-7H2,1-3H3,(H3,11,12). The third-order valence-electron chi connectivity index (χ3n) is 2.24. The van der Waals surface area contributed by atoms with E-state index in [9.17, 15) is 0 Å². The van der Waals surface area contributed by atoms with Crippen molar-refractivity contribution in [1.29, 1.82) is 5.41 Å². The first kappa shape index (κ1) is 13.6. The molecule has 0 unspecified atom stereocenters.